The third-order valence-electron chi connectivity index (χ3n) is 2.64. The van der Waals surface area contributed by atoms with E-state index in [4.69, 9.17) is 4.74 Å². The summed E-state index contributed by atoms with van der Waals surface area (Å²) in [6, 6.07) is 7.50. The zero-order valence-corrected chi connectivity index (χ0v) is 12.5. The molecule has 2 rings (SSSR count). The minimum Gasteiger partial charge on any atom is -0.486 e. The second kappa shape index (κ2) is 6.88. The Labute approximate surface area is 120 Å². The zero-order valence-electron chi connectivity index (χ0n) is 10.9. The molecule has 0 saturated heterocycles. The van der Waals surface area contributed by atoms with Gasteiger partial charge < -0.3 is 9.84 Å². The SMILES string of the molecule is CC[C@@H](O)c1ccc(OCc2nnc(SC)s2)cc1. The molecule has 0 fully saturated rings. The summed E-state index contributed by atoms with van der Waals surface area (Å²) in [5.41, 5.74) is 0.912. The average molecular weight is 296 g/mol. The molecule has 0 aliphatic heterocycles. The van der Waals surface area contributed by atoms with Gasteiger partial charge in [0.05, 0.1) is 6.10 Å². The van der Waals surface area contributed by atoms with Crippen molar-refractivity contribution in [2.45, 2.75) is 30.4 Å². The van der Waals surface area contributed by atoms with Crippen LogP contribution >= 0.6 is 23.1 Å². The van der Waals surface area contributed by atoms with Crippen molar-refractivity contribution < 1.29 is 9.84 Å². The highest BCUT2D eigenvalue weighted by molar-refractivity contribution is 8.00. The molecule has 19 heavy (non-hydrogen) atoms. The third-order valence-corrected chi connectivity index (χ3v) is 4.51. The molecular formula is C13H16N2O2S2. The van der Waals surface area contributed by atoms with Gasteiger partial charge in [0, 0.05) is 0 Å². The lowest BCUT2D eigenvalue weighted by atomic mass is 10.1. The van der Waals surface area contributed by atoms with Crippen LogP contribution in [0, 0.1) is 0 Å². The molecule has 1 N–H and O–H groups in total. The number of nitrogens with zero attached hydrogens (tertiary/aromatic N) is 2. The molecule has 4 nitrogen and oxygen atoms in total. The van der Waals surface area contributed by atoms with Gasteiger partial charge in [0.2, 0.25) is 0 Å². The Kier molecular flexibility index (Phi) is 5.18. The van der Waals surface area contributed by atoms with E-state index in [0.29, 0.717) is 13.0 Å². The summed E-state index contributed by atoms with van der Waals surface area (Å²) in [5.74, 6) is 0.771. The Balaban J connectivity index is 1.92. The predicted molar refractivity (Wildman–Crippen MR) is 77.7 cm³/mol. The van der Waals surface area contributed by atoms with E-state index in [9.17, 15) is 5.11 Å². The van der Waals surface area contributed by atoms with Crippen molar-refractivity contribution in [2.75, 3.05) is 6.26 Å². The van der Waals surface area contributed by atoms with Gasteiger partial charge in [0.1, 0.15) is 12.4 Å². The van der Waals surface area contributed by atoms with Crippen molar-refractivity contribution >= 4 is 23.1 Å². The number of hydrogen-bond acceptors (Lipinski definition) is 6. The molecule has 0 amide bonds. The molecule has 1 atom stereocenters. The van der Waals surface area contributed by atoms with E-state index in [1.165, 1.54) is 11.3 Å². The standard InChI is InChI=1S/C13H16N2O2S2/c1-3-11(16)9-4-6-10(7-5-9)17-8-12-14-15-13(18-2)19-12/h4-7,11,16H,3,8H2,1-2H3/t11-/m1/s1. The molecule has 1 heterocycles. The van der Waals surface area contributed by atoms with Crippen LogP contribution < -0.4 is 4.74 Å². The zero-order chi connectivity index (χ0) is 13.7. The van der Waals surface area contributed by atoms with Crippen LogP contribution in [0.5, 0.6) is 5.75 Å². The van der Waals surface area contributed by atoms with E-state index in [1.54, 1.807) is 11.8 Å². The first kappa shape index (κ1) is 14.3. The highest BCUT2D eigenvalue weighted by Crippen LogP contribution is 2.23. The number of rotatable bonds is 6. The summed E-state index contributed by atoms with van der Waals surface area (Å²) in [6.45, 7) is 2.38. The fourth-order valence-corrected chi connectivity index (χ4v) is 2.77. The first-order chi connectivity index (χ1) is 9.22. The summed E-state index contributed by atoms with van der Waals surface area (Å²) in [4.78, 5) is 0. The van der Waals surface area contributed by atoms with Crippen LogP contribution in [0.4, 0.5) is 0 Å². The Hall–Kier alpha value is -1.11. The predicted octanol–water partition coefficient (Wildman–Crippen LogP) is 3.28. The number of ether oxygens (including phenoxy) is 1. The summed E-state index contributed by atoms with van der Waals surface area (Å²) in [5, 5.41) is 18.6. The van der Waals surface area contributed by atoms with Gasteiger partial charge in [-0.1, -0.05) is 42.2 Å². The molecule has 0 aliphatic rings. The molecule has 0 radical (unpaired) electrons. The molecule has 2 aromatic rings. The van der Waals surface area contributed by atoms with Gasteiger partial charge in [-0.25, -0.2) is 0 Å². The smallest absolute Gasteiger partial charge is 0.174 e. The second-order valence-corrected chi connectivity index (χ2v) is 6.06. The quantitative estimate of drug-likeness (QED) is 0.829. The van der Waals surface area contributed by atoms with Crippen LogP contribution in [0.2, 0.25) is 0 Å². The van der Waals surface area contributed by atoms with Gasteiger partial charge in [-0.2, -0.15) is 0 Å². The highest BCUT2D eigenvalue weighted by Gasteiger charge is 2.06. The maximum atomic E-state index is 9.70. The summed E-state index contributed by atoms with van der Waals surface area (Å²) >= 11 is 3.12. The topological polar surface area (TPSA) is 55.2 Å². The van der Waals surface area contributed by atoms with E-state index < -0.39 is 6.10 Å². The molecule has 6 heteroatoms. The third kappa shape index (κ3) is 3.92. The number of aliphatic hydroxyl groups excluding tert-OH is 1. The number of benzene rings is 1. The fraction of sp³-hybridized carbons (Fsp3) is 0.385. The van der Waals surface area contributed by atoms with Gasteiger partial charge in [-0.15, -0.1) is 10.2 Å². The van der Waals surface area contributed by atoms with Crippen molar-refractivity contribution in [3.8, 4) is 5.75 Å². The lowest BCUT2D eigenvalue weighted by molar-refractivity contribution is 0.173. The number of hydrogen-bond donors (Lipinski definition) is 1. The summed E-state index contributed by atoms with van der Waals surface area (Å²) in [7, 11) is 0. The monoisotopic (exact) mass is 296 g/mol. The fourth-order valence-electron chi connectivity index (χ4n) is 1.55. The van der Waals surface area contributed by atoms with Crippen molar-refractivity contribution in [1.82, 2.24) is 10.2 Å². The molecule has 0 unspecified atom stereocenters. The minimum absolute atomic E-state index is 0.402. The van der Waals surface area contributed by atoms with E-state index in [0.717, 1.165) is 20.7 Å². The van der Waals surface area contributed by atoms with Crippen LogP contribution in [0.3, 0.4) is 0 Å². The van der Waals surface area contributed by atoms with Gasteiger partial charge in [0.25, 0.3) is 0 Å². The molecule has 102 valence electrons. The first-order valence-corrected chi connectivity index (χ1v) is 8.04. The Morgan fingerprint density at radius 3 is 2.63 bits per heavy atom. The van der Waals surface area contributed by atoms with Crippen LogP contribution in [0.15, 0.2) is 28.6 Å². The van der Waals surface area contributed by atoms with E-state index in [2.05, 4.69) is 10.2 Å². The van der Waals surface area contributed by atoms with Crippen LogP contribution in [-0.2, 0) is 6.61 Å². The molecule has 0 spiro atoms. The van der Waals surface area contributed by atoms with Gasteiger partial charge in [-0.05, 0) is 30.4 Å². The normalized spacial score (nSPS) is 12.4. The molecular weight excluding hydrogens is 280 g/mol. The lowest BCUT2D eigenvalue weighted by Crippen LogP contribution is -1.97. The van der Waals surface area contributed by atoms with Crippen molar-refractivity contribution in [2.24, 2.45) is 0 Å². The van der Waals surface area contributed by atoms with Crippen LogP contribution in [0.1, 0.15) is 30.0 Å². The van der Waals surface area contributed by atoms with E-state index in [-0.39, 0.29) is 0 Å². The number of aliphatic hydroxyl groups is 1. The molecule has 0 aliphatic carbocycles. The lowest BCUT2D eigenvalue weighted by Gasteiger charge is -2.09. The van der Waals surface area contributed by atoms with Gasteiger partial charge in [-0.3, -0.25) is 0 Å². The Morgan fingerprint density at radius 2 is 2.05 bits per heavy atom. The number of thioether (sulfide) groups is 1. The molecule has 1 aromatic heterocycles. The van der Waals surface area contributed by atoms with E-state index in [1.807, 2.05) is 37.4 Å². The summed E-state index contributed by atoms with van der Waals surface area (Å²) in [6.07, 6.45) is 2.28. The van der Waals surface area contributed by atoms with Crippen LogP contribution in [0.25, 0.3) is 0 Å². The summed E-state index contributed by atoms with van der Waals surface area (Å²) < 4.78 is 6.58. The van der Waals surface area contributed by atoms with Crippen molar-refractivity contribution in [3.63, 3.8) is 0 Å². The second-order valence-electron chi connectivity index (χ2n) is 3.95. The van der Waals surface area contributed by atoms with Gasteiger partial charge in [0.15, 0.2) is 9.35 Å². The van der Waals surface area contributed by atoms with Crippen molar-refractivity contribution in [3.05, 3.63) is 34.8 Å². The van der Waals surface area contributed by atoms with Crippen LogP contribution in [-0.4, -0.2) is 21.6 Å². The number of aromatic nitrogens is 2. The maximum Gasteiger partial charge on any atom is 0.174 e. The molecule has 0 saturated carbocycles. The Bertz CT molecular complexity index is 514. The first-order valence-electron chi connectivity index (χ1n) is 6.00. The average Bonchev–Trinajstić information content (AvgIpc) is 2.93. The largest absolute Gasteiger partial charge is 0.486 e. The van der Waals surface area contributed by atoms with Crippen molar-refractivity contribution in [1.29, 1.82) is 0 Å². The van der Waals surface area contributed by atoms with Gasteiger partial charge >= 0.3 is 0 Å². The minimum atomic E-state index is -0.402. The highest BCUT2D eigenvalue weighted by atomic mass is 32.2. The molecule has 1 aromatic carbocycles. The Morgan fingerprint density at radius 1 is 1.32 bits per heavy atom. The maximum absolute atomic E-state index is 9.70. The molecule has 0 bridgehead atoms. The van der Waals surface area contributed by atoms with E-state index >= 15 is 0 Å².